The van der Waals surface area contributed by atoms with E-state index in [4.69, 9.17) is 4.74 Å². The molecule has 0 bridgehead atoms. The Labute approximate surface area is 142 Å². The molecule has 0 saturated heterocycles. The normalized spacial score (nSPS) is 21.5. The SMILES string of the molecule is C=CCOc1ccc([C@H]2CC[C@H](C=CCC)CC2)cc1CCC. The quantitative estimate of drug-likeness (QED) is 0.502. The summed E-state index contributed by atoms with van der Waals surface area (Å²) in [6.07, 6.45) is 15.3. The number of rotatable bonds is 8. The summed E-state index contributed by atoms with van der Waals surface area (Å²) in [7, 11) is 0. The number of hydrogen-bond acceptors (Lipinski definition) is 1. The number of hydrogen-bond donors (Lipinski definition) is 0. The lowest BCUT2D eigenvalue weighted by molar-refractivity contribution is 0.356. The van der Waals surface area contributed by atoms with E-state index in [0.29, 0.717) is 6.61 Å². The minimum Gasteiger partial charge on any atom is -0.489 e. The topological polar surface area (TPSA) is 9.23 Å². The third-order valence-corrected chi connectivity index (χ3v) is 4.85. The van der Waals surface area contributed by atoms with Gasteiger partial charge in [0.15, 0.2) is 0 Å². The Kier molecular flexibility index (Phi) is 7.45. The van der Waals surface area contributed by atoms with Gasteiger partial charge >= 0.3 is 0 Å². The van der Waals surface area contributed by atoms with E-state index in [9.17, 15) is 0 Å². The van der Waals surface area contributed by atoms with Crippen molar-refractivity contribution in [2.45, 2.75) is 64.7 Å². The maximum Gasteiger partial charge on any atom is 0.122 e. The lowest BCUT2D eigenvalue weighted by Crippen LogP contribution is -2.12. The van der Waals surface area contributed by atoms with Crippen LogP contribution < -0.4 is 4.74 Å². The minimum atomic E-state index is 0.588. The van der Waals surface area contributed by atoms with Gasteiger partial charge in [-0.25, -0.2) is 0 Å². The van der Waals surface area contributed by atoms with Gasteiger partial charge in [-0.15, -0.1) is 0 Å². The highest BCUT2D eigenvalue weighted by Gasteiger charge is 2.21. The van der Waals surface area contributed by atoms with Crippen LogP contribution in [0.15, 0.2) is 43.0 Å². The van der Waals surface area contributed by atoms with Crippen molar-refractivity contribution >= 4 is 0 Å². The summed E-state index contributed by atoms with van der Waals surface area (Å²) in [6.45, 7) is 8.78. The van der Waals surface area contributed by atoms with Gasteiger partial charge in [-0.2, -0.15) is 0 Å². The fourth-order valence-electron chi connectivity index (χ4n) is 3.58. The number of aryl methyl sites for hydroxylation is 1. The molecule has 1 heteroatoms. The smallest absolute Gasteiger partial charge is 0.122 e. The van der Waals surface area contributed by atoms with Crippen LogP contribution in [0.5, 0.6) is 5.75 Å². The second-order valence-corrected chi connectivity index (χ2v) is 6.66. The van der Waals surface area contributed by atoms with E-state index in [2.05, 4.69) is 50.8 Å². The molecule has 0 heterocycles. The van der Waals surface area contributed by atoms with E-state index in [1.807, 2.05) is 6.08 Å². The summed E-state index contributed by atoms with van der Waals surface area (Å²) in [5.74, 6) is 2.57. The first kappa shape index (κ1) is 17.8. The molecule has 0 aliphatic heterocycles. The van der Waals surface area contributed by atoms with Crippen molar-refractivity contribution in [2.24, 2.45) is 5.92 Å². The Morgan fingerprint density at radius 1 is 1.17 bits per heavy atom. The van der Waals surface area contributed by atoms with Crippen LogP contribution in [-0.2, 0) is 6.42 Å². The minimum absolute atomic E-state index is 0.588. The summed E-state index contributed by atoms with van der Waals surface area (Å²) >= 11 is 0. The zero-order valence-corrected chi connectivity index (χ0v) is 14.9. The van der Waals surface area contributed by atoms with Crippen molar-refractivity contribution in [3.05, 3.63) is 54.1 Å². The van der Waals surface area contributed by atoms with Gasteiger partial charge in [0, 0.05) is 0 Å². The van der Waals surface area contributed by atoms with Gasteiger partial charge in [0.1, 0.15) is 12.4 Å². The number of allylic oxidation sites excluding steroid dienone is 2. The fourth-order valence-corrected chi connectivity index (χ4v) is 3.58. The van der Waals surface area contributed by atoms with Crippen molar-refractivity contribution in [1.82, 2.24) is 0 Å². The maximum absolute atomic E-state index is 5.82. The van der Waals surface area contributed by atoms with E-state index in [0.717, 1.165) is 36.8 Å². The summed E-state index contributed by atoms with van der Waals surface area (Å²) in [5, 5.41) is 0. The molecule has 126 valence electrons. The monoisotopic (exact) mass is 312 g/mol. The van der Waals surface area contributed by atoms with Crippen molar-refractivity contribution in [1.29, 1.82) is 0 Å². The molecule has 1 fully saturated rings. The van der Waals surface area contributed by atoms with Gasteiger partial charge in [-0.1, -0.05) is 57.2 Å². The van der Waals surface area contributed by atoms with Crippen LogP contribution in [0.2, 0.25) is 0 Å². The number of benzene rings is 1. The van der Waals surface area contributed by atoms with Crippen LogP contribution in [0.3, 0.4) is 0 Å². The molecular formula is C22H32O. The second kappa shape index (κ2) is 9.60. The van der Waals surface area contributed by atoms with Gasteiger partial charge in [-0.3, -0.25) is 0 Å². The molecule has 0 atom stereocenters. The van der Waals surface area contributed by atoms with Crippen molar-refractivity contribution < 1.29 is 4.74 Å². The van der Waals surface area contributed by atoms with Crippen LogP contribution in [0.25, 0.3) is 0 Å². The van der Waals surface area contributed by atoms with E-state index < -0.39 is 0 Å². The molecule has 1 aliphatic carbocycles. The van der Waals surface area contributed by atoms with Crippen LogP contribution in [0.4, 0.5) is 0 Å². The lowest BCUT2D eigenvalue weighted by atomic mass is 9.78. The Hall–Kier alpha value is -1.50. The molecule has 0 unspecified atom stereocenters. The molecule has 0 radical (unpaired) electrons. The highest BCUT2D eigenvalue weighted by atomic mass is 16.5. The van der Waals surface area contributed by atoms with Crippen molar-refractivity contribution in [3.8, 4) is 5.75 Å². The predicted octanol–water partition coefficient (Wildman–Crippen LogP) is 6.44. The van der Waals surface area contributed by atoms with Gasteiger partial charge in [-0.05, 0) is 67.6 Å². The first-order valence-corrected chi connectivity index (χ1v) is 9.31. The molecular weight excluding hydrogens is 280 g/mol. The first-order chi connectivity index (χ1) is 11.3. The molecule has 1 nitrogen and oxygen atoms in total. The highest BCUT2D eigenvalue weighted by Crippen LogP contribution is 2.38. The molecule has 1 saturated carbocycles. The Morgan fingerprint density at radius 3 is 2.61 bits per heavy atom. The summed E-state index contributed by atoms with van der Waals surface area (Å²) in [5.41, 5.74) is 2.87. The number of ether oxygens (including phenoxy) is 1. The molecule has 2 rings (SSSR count). The molecule has 1 aromatic rings. The Balaban J connectivity index is 2.04. The average molecular weight is 312 g/mol. The summed E-state index contributed by atoms with van der Waals surface area (Å²) in [6, 6.07) is 6.85. The second-order valence-electron chi connectivity index (χ2n) is 6.66. The fraction of sp³-hybridized carbons (Fsp3) is 0.545. The largest absolute Gasteiger partial charge is 0.489 e. The van der Waals surface area contributed by atoms with E-state index in [1.54, 1.807) is 0 Å². The summed E-state index contributed by atoms with van der Waals surface area (Å²) < 4.78 is 5.82. The molecule has 0 amide bonds. The molecule has 23 heavy (non-hydrogen) atoms. The Bertz CT molecular complexity index is 507. The molecule has 0 spiro atoms. The maximum atomic E-state index is 5.82. The average Bonchev–Trinajstić information content (AvgIpc) is 2.59. The van der Waals surface area contributed by atoms with Crippen LogP contribution >= 0.6 is 0 Å². The van der Waals surface area contributed by atoms with Crippen LogP contribution in [0.1, 0.15) is 69.4 Å². The molecule has 1 aromatic carbocycles. The van der Waals surface area contributed by atoms with E-state index in [1.165, 1.54) is 36.8 Å². The van der Waals surface area contributed by atoms with E-state index in [-0.39, 0.29) is 0 Å². The molecule has 0 aromatic heterocycles. The van der Waals surface area contributed by atoms with Gasteiger partial charge in [0.25, 0.3) is 0 Å². The van der Waals surface area contributed by atoms with Crippen LogP contribution in [0, 0.1) is 5.92 Å². The zero-order valence-electron chi connectivity index (χ0n) is 14.9. The standard InChI is InChI=1S/C22H32O/c1-4-7-9-18-10-12-19(13-11-18)20-14-15-22(23-16-6-3)21(17-20)8-5-2/h6-7,9,14-15,17-19H,3-5,8,10-13,16H2,1-2H3/t18-,19-. The van der Waals surface area contributed by atoms with Crippen LogP contribution in [-0.4, -0.2) is 6.61 Å². The molecule has 0 N–H and O–H groups in total. The lowest BCUT2D eigenvalue weighted by Gasteiger charge is -2.27. The predicted molar refractivity (Wildman–Crippen MR) is 100 cm³/mol. The third-order valence-electron chi connectivity index (χ3n) is 4.85. The van der Waals surface area contributed by atoms with Crippen molar-refractivity contribution in [2.75, 3.05) is 6.61 Å². The summed E-state index contributed by atoms with van der Waals surface area (Å²) in [4.78, 5) is 0. The van der Waals surface area contributed by atoms with E-state index >= 15 is 0 Å². The van der Waals surface area contributed by atoms with Gasteiger partial charge in [0.05, 0.1) is 0 Å². The zero-order chi connectivity index (χ0) is 16.5. The molecule has 1 aliphatic rings. The third kappa shape index (κ3) is 5.27. The Morgan fingerprint density at radius 2 is 1.96 bits per heavy atom. The highest BCUT2D eigenvalue weighted by molar-refractivity contribution is 5.39. The van der Waals surface area contributed by atoms with Gasteiger partial charge < -0.3 is 4.74 Å². The van der Waals surface area contributed by atoms with Gasteiger partial charge in [0.2, 0.25) is 0 Å². The van der Waals surface area contributed by atoms with Crippen molar-refractivity contribution in [3.63, 3.8) is 0 Å². The first-order valence-electron chi connectivity index (χ1n) is 9.31.